The Labute approximate surface area is 201 Å². The van der Waals surface area contributed by atoms with Crippen LogP contribution >= 0.6 is 0 Å². The largest absolute Gasteiger partial charge is 0.504 e. The van der Waals surface area contributed by atoms with Crippen LogP contribution in [0.5, 0.6) is 11.5 Å². The molecule has 0 amide bonds. The van der Waals surface area contributed by atoms with Crippen LogP contribution in [0, 0.1) is 5.92 Å². The summed E-state index contributed by atoms with van der Waals surface area (Å²) in [7, 11) is 3.88. The van der Waals surface area contributed by atoms with Gasteiger partial charge < -0.3 is 38.4 Å². The van der Waals surface area contributed by atoms with Crippen LogP contribution in [0.3, 0.4) is 0 Å². The number of piperidine rings is 1. The highest BCUT2D eigenvalue weighted by atomic mass is 16.6. The van der Waals surface area contributed by atoms with Crippen molar-refractivity contribution in [2.75, 3.05) is 73.6 Å². The molecule has 2 aliphatic carbocycles. The summed E-state index contributed by atoms with van der Waals surface area (Å²) >= 11 is 0. The van der Waals surface area contributed by atoms with Crippen molar-refractivity contribution in [1.29, 1.82) is 0 Å². The molecule has 2 heterocycles. The number of likely N-dealkylation sites (N-methyl/N-ethyl adjacent to an activating group) is 1. The molecular weight excluding hydrogens is 438 g/mol. The molecule has 4 aliphatic rings. The lowest BCUT2D eigenvalue weighted by Crippen LogP contribution is -2.65. The third kappa shape index (κ3) is 4.25. The summed E-state index contributed by atoms with van der Waals surface area (Å²) < 4.78 is 34.2. The van der Waals surface area contributed by atoms with Crippen molar-refractivity contribution in [3.05, 3.63) is 35.4 Å². The normalized spacial score (nSPS) is 30.9. The molecule has 1 saturated heterocycles. The second-order valence-electron chi connectivity index (χ2n) is 9.60. The van der Waals surface area contributed by atoms with Gasteiger partial charge in [-0.05, 0) is 38.1 Å². The maximum absolute atomic E-state index is 10.6. The van der Waals surface area contributed by atoms with Gasteiger partial charge in [0.05, 0.1) is 52.9 Å². The van der Waals surface area contributed by atoms with Gasteiger partial charge in [-0.15, -0.1) is 0 Å². The zero-order valence-electron chi connectivity index (χ0n) is 20.2. The van der Waals surface area contributed by atoms with E-state index in [0.717, 1.165) is 19.4 Å². The van der Waals surface area contributed by atoms with E-state index in [2.05, 4.69) is 30.2 Å². The van der Waals surface area contributed by atoms with Crippen LogP contribution in [-0.4, -0.2) is 102 Å². The van der Waals surface area contributed by atoms with Crippen LogP contribution in [0.2, 0.25) is 0 Å². The van der Waals surface area contributed by atoms with Crippen molar-refractivity contribution < 1.29 is 33.5 Å². The second kappa shape index (κ2) is 10.5. The first-order valence-electron chi connectivity index (χ1n) is 12.4. The summed E-state index contributed by atoms with van der Waals surface area (Å²) in [6.07, 6.45) is 6.22. The number of rotatable bonds is 13. The summed E-state index contributed by atoms with van der Waals surface area (Å²) in [6, 6.07) is 4.32. The molecule has 2 bridgehead atoms. The Morgan fingerprint density at radius 3 is 2.44 bits per heavy atom. The summed E-state index contributed by atoms with van der Waals surface area (Å²) in [5.41, 5.74) is 2.41. The number of hydrogen-bond donors (Lipinski definition) is 1. The summed E-state index contributed by atoms with van der Waals surface area (Å²) in [5, 5.41) is 10.6. The molecule has 34 heavy (non-hydrogen) atoms. The Balaban J connectivity index is 1.13. The third-order valence-electron chi connectivity index (χ3n) is 7.84. The van der Waals surface area contributed by atoms with E-state index in [-0.39, 0.29) is 23.4 Å². The molecule has 1 aromatic carbocycles. The number of hydrogen-bond acceptors (Lipinski definition) is 8. The van der Waals surface area contributed by atoms with Crippen molar-refractivity contribution in [2.24, 2.45) is 5.92 Å². The van der Waals surface area contributed by atoms with Gasteiger partial charge in [0.1, 0.15) is 12.2 Å². The predicted molar refractivity (Wildman–Crippen MR) is 126 cm³/mol. The van der Waals surface area contributed by atoms with E-state index in [4.69, 9.17) is 28.4 Å². The van der Waals surface area contributed by atoms with Gasteiger partial charge >= 0.3 is 0 Å². The monoisotopic (exact) mass is 475 g/mol. The maximum atomic E-state index is 10.6. The first-order valence-corrected chi connectivity index (χ1v) is 12.4. The summed E-state index contributed by atoms with van der Waals surface area (Å²) in [4.78, 5) is 2.48. The fourth-order valence-electron chi connectivity index (χ4n) is 6.29. The summed E-state index contributed by atoms with van der Waals surface area (Å²) in [5.74, 6) is 1.29. The van der Waals surface area contributed by atoms with Crippen LogP contribution < -0.4 is 4.74 Å². The SMILES string of the molecule is COCCOCCOCCOCCO[C@H]1C=CC2C3Cc4ccc(O)c5c4[C@@]2(CCN3C)[C@H]1O5. The van der Waals surface area contributed by atoms with Gasteiger partial charge in [0, 0.05) is 30.0 Å². The van der Waals surface area contributed by atoms with E-state index in [1.165, 1.54) is 11.1 Å². The molecule has 2 aliphatic heterocycles. The zero-order valence-corrected chi connectivity index (χ0v) is 20.2. The average molecular weight is 476 g/mol. The van der Waals surface area contributed by atoms with Crippen molar-refractivity contribution in [3.8, 4) is 11.5 Å². The van der Waals surface area contributed by atoms with Gasteiger partial charge in [0.15, 0.2) is 11.5 Å². The van der Waals surface area contributed by atoms with E-state index >= 15 is 0 Å². The number of aromatic hydroxyl groups is 1. The lowest BCUT2D eigenvalue weighted by Gasteiger charge is -2.56. The Morgan fingerprint density at radius 1 is 1.00 bits per heavy atom. The van der Waals surface area contributed by atoms with E-state index in [1.807, 2.05) is 0 Å². The molecule has 1 fully saturated rings. The molecular formula is C26H37NO7. The minimum atomic E-state index is -0.165. The first-order chi connectivity index (χ1) is 16.7. The molecule has 5 rings (SSSR count). The molecule has 0 saturated carbocycles. The van der Waals surface area contributed by atoms with E-state index < -0.39 is 0 Å². The molecule has 188 valence electrons. The Hall–Kier alpha value is -1.68. The van der Waals surface area contributed by atoms with Crippen LogP contribution in [0.4, 0.5) is 0 Å². The molecule has 8 heteroatoms. The lowest BCUT2D eigenvalue weighted by atomic mass is 9.53. The lowest BCUT2D eigenvalue weighted by molar-refractivity contribution is -0.0818. The maximum Gasteiger partial charge on any atom is 0.165 e. The molecule has 1 spiro atoms. The van der Waals surface area contributed by atoms with Gasteiger partial charge in [-0.25, -0.2) is 0 Å². The zero-order chi connectivity index (χ0) is 23.5. The van der Waals surface area contributed by atoms with Crippen molar-refractivity contribution in [1.82, 2.24) is 4.90 Å². The van der Waals surface area contributed by atoms with Gasteiger partial charge in [0.25, 0.3) is 0 Å². The molecule has 5 atom stereocenters. The second-order valence-corrected chi connectivity index (χ2v) is 9.60. The Morgan fingerprint density at radius 2 is 1.71 bits per heavy atom. The molecule has 0 radical (unpaired) electrons. The standard InChI is InChI=1S/C26H37NO7/c1-27-8-7-26-19-4-6-22(33-16-15-32-14-13-31-12-11-30-10-9-29-2)25(26)34-24-21(28)5-3-18(23(24)26)17-20(19)27/h3-6,19-20,22,25,28H,7-17H2,1-2H3/t19?,20?,22-,25-,26-/m0/s1. The fraction of sp³-hybridized carbons (Fsp3) is 0.692. The van der Waals surface area contributed by atoms with Crippen molar-refractivity contribution >= 4 is 0 Å². The number of nitrogens with zero attached hydrogens (tertiary/aromatic N) is 1. The van der Waals surface area contributed by atoms with Crippen molar-refractivity contribution in [3.63, 3.8) is 0 Å². The number of likely N-dealkylation sites (tertiary alicyclic amines) is 1. The Bertz CT molecular complexity index is 877. The van der Waals surface area contributed by atoms with E-state index in [0.29, 0.717) is 70.6 Å². The molecule has 1 N–H and O–H groups in total. The number of phenolic OH excluding ortho intramolecular Hbond substituents is 1. The third-order valence-corrected chi connectivity index (χ3v) is 7.84. The van der Waals surface area contributed by atoms with Gasteiger partial charge in [0.2, 0.25) is 0 Å². The minimum Gasteiger partial charge on any atom is -0.504 e. The molecule has 0 aromatic heterocycles. The number of ether oxygens (including phenoxy) is 6. The topological polar surface area (TPSA) is 78.9 Å². The average Bonchev–Trinajstić information content (AvgIpc) is 3.20. The highest BCUT2D eigenvalue weighted by molar-refractivity contribution is 5.61. The highest BCUT2D eigenvalue weighted by Gasteiger charge is 2.64. The van der Waals surface area contributed by atoms with Gasteiger partial charge in [-0.1, -0.05) is 18.2 Å². The van der Waals surface area contributed by atoms with Crippen LogP contribution in [0.25, 0.3) is 0 Å². The molecule has 1 aromatic rings. The first kappa shape index (κ1) is 24.0. The Kier molecular flexibility index (Phi) is 7.44. The quantitative estimate of drug-likeness (QED) is 0.343. The minimum absolute atomic E-state index is 0.123. The number of phenols is 1. The van der Waals surface area contributed by atoms with Crippen LogP contribution in [0.15, 0.2) is 24.3 Å². The smallest absolute Gasteiger partial charge is 0.165 e. The van der Waals surface area contributed by atoms with Crippen LogP contribution in [0.1, 0.15) is 17.5 Å². The van der Waals surface area contributed by atoms with Crippen molar-refractivity contribution in [2.45, 2.75) is 36.5 Å². The number of benzene rings is 1. The van der Waals surface area contributed by atoms with E-state index in [1.54, 1.807) is 13.2 Å². The van der Waals surface area contributed by atoms with E-state index in [9.17, 15) is 5.11 Å². The van der Waals surface area contributed by atoms with Crippen LogP contribution in [-0.2, 0) is 35.5 Å². The molecule has 8 nitrogen and oxygen atoms in total. The van der Waals surface area contributed by atoms with Gasteiger partial charge in [-0.3, -0.25) is 0 Å². The fourth-order valence-corrected chi connectivity index (χ4v) is 6.29. The molecule has 2 unspecified atom stereocenters. The summed E-state index contributed by atoms with van der Waals surface area (Å²) in [6.45, 7) is 5.33. The van der Waals surface area contributed by atoms with Gasteiger partial charge in [-0.2, -0.15) is 0 Å². The predicted octanol–water partition coefficient (Wildman–Crippen LogP) is 1.92. The number of methoxy groups -OCH3 is 1. The highest BCUT2D eigenvalue weighted by Crippen LogP contribution is 2.62.